The summed E-state index contributed by atoms with van der Waals surface area (Å²) < 4.78 is 0. The Bertz CT molecular complexity index is 521. The maximum absolute atomic E-state index is 11.8. The van der Waals surface area contributed by atoms with Crippen LogP contribution in [0.5, 0.6) is 0 Å². The fourth-order valence-corrected chi connectivity index (χ4v) is 1.89. The summed E-state index contributed by atoms with van der Waals surface area (Å²) in [7, 11) is 0. The molecular weight excluding hydrogens is 244 g/mol. The molecule has 0 aliphatic carbocycles. The second-order valence-corrected chi connectivity index (χ2v) is 4.45. The zero-order valence-corrected chi connectivity index (χ0v) is 10.2. The summed E-state index contributed by atoms with van der Waals surface area (Å²) >= 11 is 0. The van der Waals surface area contributed by atoms with Gasteiger partial charge in [0.05, 0.1) is 23.8 Å². The van der Waals surface area contributed by atoms with E-state index >= 15 is 0 Å². The van der Waals surface area contributed by atoms with Crippen molar-refractivity contribution in [3.63, 3.8) is 0 Å². The van der Waals surface area contributed by atoms with E-state index in [2.05, 4.69) is 0 Å². The van der Waals surface area contributed by atoms with E-state index in [4.69, 9.17) is 5.26 Å². The number of carbonyl (C=O) groups excluding carboxylic acids is 1. The van der Waals surface area contributed by atoms with E-state index in [1.54, 1.807) is 30.3 Å². The predicted molar refractivity (Wildman–Crippen MR) is 68.8 cm³/mol. The number of hydrogen-bond donors (Lipinski definition) is 2. The van der Waals surface area contributed by atoms with Crippen molar-refractivity contribution in [2.75, 3.05) is 13.1 Å². The number of likely N-dealkylation sites (tertiary alicyclic amines) is 1. The first-order chi connectivity index (χ1) is 9.10. The maximum Gasteiger partial charge on any atom is 0.246 e. The first-order valence-corrected chi connectivity index (χ1v) is 5.93. The zero-order chi connectivity index (χ0) is 13.8. The van der Waals surface area contributed by atoms with Gasteiger partial charge in [-0.3, -0.25) is 4.79 Å². The third kappa shape index (κ3) is 3.19. The first kappa shape index (κ1) is 13.3. The number of benzene rings is 1. The lowest BCUT2D eigenvalue weighted by molar-refractivity contribution is -0.125. The molecule has 1 aromatic carbocycles. The van der Waals surface area contributed by atoms with E-state index in [0.29, 0.717) is 5.56 Å². The van der Waals surface area contributed by atoms with Crippen LogP contribution in [0.1, 0.15) is 11.1 Å². The highest BCUT2D eigenvalue weighted by molar-refractivity contribution is 5.92. The number of carbonyl (C=O) groups is 1. The van der Waals surface area contributed by atoms with Gasteiger partial charge in [-0.1, -0.05) is 12.1 Å². The van der Waals surface area contributed by atoms with Crippen molar-refractivity contribution in [1.29, 1.82) is 5.26 Å². The van der Waals surface area contributed by atoms with Crippen molar-refractivity contribution in [2.24, 2.45) is 0 Å². The molecule has 19 heavy (non-hydrogen) atoms. The molecule has 1 amide bonds. The Balaban J connectivity index is 1.98. The molecule has 1 fully saturated rings. The van der Waals surface area contributed by atoms with Crippen LogP contribution in [0.4, 0.5) is 0 Å². The Morgan fingerprint density at radius 3 is 2.37 bits per heavy atom. The van der Waals surface area contributed by atoms with Gasteiger partial charge in [-0.05, 0) is 23.8 Å². The van der Waals surface area contributed by atoms with Crippen molar-refractivity contribution < 1.29 is 15.0 Å². The molecule has 5 nitrogen and oxygen atoms in total. The fourth-order valence-electron chi connectivity index (χ4n) is 1.89. The van der Waals surface area contributed by atoms with E-state index in [1.165, 1.54) is 11.0 Å². The minimum absolute atomic E-state index is 0.151. The highest BCUT2D eigenvalue weighted by atomic mass is 16.3. The fraction of sp³-hybridized carbons (Fsp3) is 0.286. The van der Waals surface area contributed by atoms with Gasteiger partial charge in [-0.25, -0.2) is 0 Å². The number of nitrogens with zero attached hydrogens (tertiary/aromatic N) is 2. The molecule has 2 atom stereocenters. The van der Waals surface area contributed by atoms with Crippen LogP contribution in [0.2, 0.25) is 0 Å². The highest BCUT2D eigenvalue weighted by Gasteiger charge is 2.31. The maximum atomic E-state index is 11.8. The number of rotatable bonds is 2. The summed E-state index contributed by atoms with van der Waals surface area (Å²) in [6.07, 6.45) is 1.30. The molecule has 0 radical (unpaired) electrons. The number of hydrogen-bond acceptors (Lipinski definition) is 4. The Morgan fingerprint density at radius 1 is 1.26 bits per heavy atom. The Kier molecular flexibility index (Phi) is 3.95. The first-order valence-electron chi connectivity index (χ1n) is 5.93. The van der Waals surface area contributed by atoms with Crippen molar-refractivity contribution in [3.05, 3.63) is 41.5 Å². The molecule has 0 aromatic heterocycles. The normalized spacial score (nSPS) is 22.7. The molecule has 98 valence electrons. The van der Waals surface area contributed by atoms with Crippen molar-refractivity contribution in [3.8, 4) is 6.07 Å². The second-order valence-electron chi connectivity index (χ2n) is 4.45. The molecular formula is C14H14N2O3. The minimum atomic E-state index is -0.868. The van der Waals surface area contributed by atoms with Crippen LogP contribution in [0.25, 0.3) is 6.08 Å². The van der Waals surface area contributed by atoms with E-state index < -0.39 is 12.2 Å². The standard InChI is InChI=1S/C14H14N2O3/c15-7-11-3-1-10(2-4-11)5-6-14(19)16-8-12(17)13(18)9-16/h1-6,12-13,17-18H,8-9H2/t12-,13+. The van der Waals surface area contributed by atoms with Crippen LogP contribution in [0.3, 0.4) is 0 Å². The zero-order valence-electron chi connectivity index (χ0n) is 10.2. The molecule has 1 heterocycles. The molecule has 0 unspecified atom stereocenters. The van der Waals surface area contributed by atoms with Gasteiger partial charge in [-0.2, -0.15) is 5.26 Å². The summed E-state index contributed by atoms with van der Waals surface area (Å²) in [6.45, 7) is 0.301. The highest BCUT2D eigenvalue weighted by Crippen LogP contribution is 2.11. The van der Waals surface area contributed by atoms with Gasteiger partial charge < -0.3 is 15.1 Å². The van der Waals surface area contributed by atoms with Gasteiger partial charge in [0.15, 0.2) is 0 Å². The molecule has 0 spiro atoms. The Hall–Kier alpha value is -2.16. The minimum Gasteiger partial charge on any atom is -0.388 e. The summed E-state index contributed by atoms with van der Waals surface area (Å²) in [5.41, 5.74) is 1.38. The number of aliphatic hydroxyl groups excluding tert-OH is 2. The van der Waals surface area contributed by atoms with Gasteiger partial charge in [-0.15, -0.1) is 0 Å². The molecule has 2 rings (SSSR count). The lowest BCUT2D eigenvalue weighted by Crippen LogP contribution is -2.27. The lowest BCUT2D eigenvalue weighted by Gasteiger charge is -2.11. The number of aliphatic hydroxyl groups is 2. The van der Waals surface area contributed by atoms with Crippen molar-refractivity contribution >= 4 is 12.0 Å². The molecule has 1 aliphatic heterocycles. The van der Waals surface area contributed by atoms with E-state index in [-0.39, 0.29) is 19.0 Å². The predicted octanol–water partition coefficient (Wildman–Crippen LogP) is 0.135. The molecule has 1 aliphatic rings. The summed E-state index contributed by atoms with van der Waals surface area (Å²) in [4.78, 5) is 13.2. The number of nitriles is 1. The number of β-amino-alcohol motifs (C(OH)–C–C–N with tert-alkyl or cyclic N) is 2. The topological polar surface area (TPSA) is 84.6 Å². The quantitative estimate of drug-likeness (QED) is 0.739. The van der Waals surface area contributed by atoms with E-state index in [0.717, 1.165) is 5.56 Å². The SMILES string of the molecule is N#Cc1ccc(C=CC(=O)N2C[C@@H](O)[C@@H](O)C2)cc1. The molecule has 0 saturated carbocycles. The number of amides is 1. The molecule has 1 saturated heterocycles. The van der Waals surface area contributed by atoms with Crippen LogP contribution >= 0.6 is 0 Å². The van der Waals surface area contributed by atoms with Gasteiger partial charge >= 0.3 is 0 Å². The third-order valence-corrected chi connectivity index (χ3v) is 3.03. The van der Waals surface area contributed by atoms with Crippen molar-refractivity contribution in [2.45, 2.75) is 12.2 Å². The van der Waals surface area contributed by atoms with Gasteiger partial charge in [0.2, 0.25) is 5.91 Å². The van der Waals surface area contributed by atoms with Gasteiger partial charge in [0.1, 0.15) is 0 Å². The van der Waals surface area contributed by atoms with Crippen molar-refractivity contribution in [1.82, 2.24) is 4.90 Å². The van der Waals surface area contributed by atoms with E-state index in [9.17, 15) is 15.0 Å². The monoisotopic (exact) mass is 258 g/mol. The molecule has 1 aromatic rings. The smallest absolute Gasteiger partial charge is 0.246 e. The van der Waals surface area contributed by atoms with E-state index in [1.807, 2.05) is 6.07 Å². The molecule has 2 N–H and O–H groups in total. The average molecular weight is 258 g/mol. The van der Waals surface area contributed by atoms with Crippen LogP contribution < -0.4 is 0 Å². The summed E-state index contributed by atoms with van der Waals surface area (Å²) in [6, 6.07) is 8.86. The molecule has 0 bridgehead atoms. The average Bonchev–Trinajstić information content (AvgIpc) is 2.77. The Morgan fingerprint density at radius 2 is 1.84 bits per heavy atom. The van der Waals surface area contributed by atoms with Crippen LogP contribution in [0.15, 0.2) is 30.3 Å². The van der Waals surface area contributed by atoms with Gasteiger partial charge in [0, 0.05) is 19.2 Å². The van der Waals surface area contributed by atoms with Gasteiger partial charge in [0.25, 0.3) is 0 Å². The van der Waals surface area contributed by atoms with Crippen LogP contribution in [-0.4, -0.2) is 46.3 Å². The van der Waals surface area contributed by atoms with Crippen LogP contribution in [-0.2, 0) is 4.79 Å². The largest absolute Gasteiger partial charge is 0.388 e. The second kappa shape index (κ2) is 5.65. The van der Waals surface area contributed by atoms with Crippen LogP contribution in [0, 0.1) is 11.3 Å². The molecule has 5 heteroatoms. The lowest BCUT2D eigenvalue weighted by atomic mass is 10.1. The summed E-state index contributed by atoms with van der Waals surface area (Å²) in [5.74, 6) is -0.250. The third-order valence-electron chi connectivity index (χ3n) is 3.03. The summed E-state index contributed by atoms with van der Waals surface area (Å²) in [5, 5.41) is 27.4. The Labute approximate surface area is 111 Å².